The molecular weight excluding hydrogens is 353 g/mol. The zero-order chi connectivity index (χ0) is 14.0. The number of aryl methyl sites for hydroxylation is 2. The lowest BCUT2D eigenvalue weighted by Crippen LogP contribution is -2.01. The number of hydrogen-bond donors (Lipinski definition) is 0. The van der Waals surface area contributed by atoms with Gasteiger partial charge in [0.15, 0.2) is 0 Å². The molecule has 5 heteroatoms. The molecule has 0 bridgehead atoms. The standard InChI is InChI=1S/C14H12IN3O/c1-8-4-5-12(15)13(6-8)19-14-11(7-16)9(2)10(3)17-18-14/h4-6H,1-3H3. The molecule has 0 radical (unpaired) electrons. The van der Waals surface area contributed by atoms with Crippen molar-refractivity contribution in [1.29, 1.82) is 5.26 Å². The summed E-state index contributed by atoms with van der Waals surface area (Å²) in [6, 6.07) is 8.02. The fourth-order valence-electron chi connectivity index (χ4n) is 1.58. The summed E-state index contributed by atoms with van der Waals surface area (Å²) < 4.78 is 6.71. The second-order valence-electron chi connectivity index (χ2n) is 4.24. The van der Waals surface area contributed by atoms with E-state index in [9.17, 15) is 5.26 Å². The first kappa shape index (κ1) is 13.7. The van der Waals surface area contributed by atoms with Gasteiger partial charge in [0.1, 0.15) is 17.4 Å². The average molecular weight is 365 g/mol. The number of nitrogens with zero attached hydrogens (tertiary/aromatic N) is 3. The molecule has 2 rings (SSSR count). The monoisotopic (exact) mass is 365 g/mol. The van der Waals surface area contributed by atoms with E-state index in [0.29, 0.717) is 11.3 Å². The van der Waals surface area contributed by atoms with E-state index >= 15 is 0 Å². The average Bonchev–Trinajstić information content (AvgIpc) is 2.38. The zero-order valence-corrected chi connectivity index (χ0v) is 13.0. The summed E-state index contributed by atoms with van der Waals surface area (Å²) in [6.07, 6.45) is 0. The van der Waals surface area contributed by atoms with Crippen molar-refractivity contribution in [2.75, 3.05) is 0 Å². The Morgan fingerprint density at radius 1 is 1.21 bits per heavy atom. The van der Waals surface area contributed by atoms with Crippen LogP contribution in [0.2, 0.25) is 0 Å². The van der Waals surface area contributed by atoms with Crippen LogP contribution < -0.4 is 4.74 Å². The van der Waals surface area contributed by atoms with Gasteiger partial charge in [-0.3, -0.25) is 0 Å². The Hall–Kier alpha value is -1.68. The molecule has 0 amide bonds. The Balaban J connectivity index is 2.47. The highest BCUT2D eigenvalue weighted by Crippen LogP contribution is 2.29. The Morgan fingerprint density at radius 3 is 2.63 bits per heavy atom. The third kappa shape index (κ3) is 2.84. The van der Waals surface area contributed by atoms with Gasteiger partial charge < -0.3 is 4.74 Å². The first-order valence-corrected chi connectivity index (χ1v) is 6.78. The maximum atomic E-state index is 9.23. The minimum Gasteiger partial charge on any atom is -0.435 e. The maximum absolute atomic E-state index is 9.23. The highest BCUT2D eigenvalue weighted by atomic mass is 127. The number of hydrogen-bond acceptors (Lipinski definition) is 4. The van der Waals surface area contributed by atoms with E-state index in [1.807, 2.05) is 39.0 Å². The zero-order valence-electron chi connectivity index (χ0n) is 10.9. The van der Waals surface area contributed by atoms with E-state index in [1.54, 1.807) is 0 Å². The molecule has 1 heterocycles. The quantitative estimate of drug-likeness (QED) is 0.762. The summed E-state index contributed by atoms with van der Waals surface area (Å²) in [7, 11) is 0. The van der Waals surface area contributed by atoms with Gasteiger partial charge in [-0.2, -0.15) is 10.4 Å². The number of nitriles is 1. The lowest BCUT2D eigenvalue weighted by atomic mass is 10.1. The summed E-state index contributed by atoms with van der Waals surface area (Å²) in [4.78, 5) is 0. The molecule has 0 aliphatic heterocycles. The largest absolute Gasteiger partial charge is 0.435 e. The van der Waals surface area contributed by atoms with Crippen molar-refractivity contribution in [3.05, 3.63) is 44.2 Å². The Labute approximate surface area is 125 Å². The second kappa shape index (κ2) is 5.53. The number of aromatic nitrogens is 2. The molecule has 0 unspecified atom stereocenters. The van der Waals surface area contributed by atoms with Gasteiger partial charge in [-0.15, -0.1) is 5.10 Å². The number of ether oxygens (including phenoxy) is 1. The normalized spacial score (nSPS) is 10.1. The molecule has 2 aromatic rings. The maximum Gasteiger partial charge on any atom is 0.257 e. The highest BCUT2D eigenvalue weighted by Gasteiger charge is 2.14. The van der Waals surface area contributed by atoms with Crippen LogP contribution in [-0.2, 0) is 0 Å². The van der Waals surface area contributed by atoms with Crippen LogP contribution in [-0.4, -0.2) is 10.2 Å². The first-order chi connectivity index (χ1) is 9.02. The molecule has 0 N–H and O–H groups in total. The van der Waals surface area contributed by atoms with Gasteiger partial charge in [-0.1, -0.05) is 6.07 Å². The van der Waals surface area contributed by atoms with Crippen LogP contribution >= 0.6 is 22.6 Å². The molecule has 0 saturated carbocycles. The van der Waals surface area contributed by atoms with E-state index in [4.69, 9.17) is 4.74 Å². The van der Waals surface area contributed by atoms with Crippen LogP contribution in [0.1, 0.15) is 22.4 Å². The molecule has 0 atom stereocenters. The third-order valence-corrected chi connectivity index (χ3v) is 3.72. The number of halogens is 1. The molecule has 1 aromatic heterocycles. The van der Waals surface area contributed by atoms with Crippen LogP contribution in [0.5, 0.6) is 11.6 Å². The fourth-order valence-corrected chi connectivity index (χ4v) is 2.03. The summed E-state index contributed by atoms with van der Waals surface area (Å²) in [5, 5.41) is 17.2. The molecule has 0 fully saturated rings. The van der Waals surface area contributed by atoms with E-state index in [0.717, 1.165) is 20.4 Å². The van der Waals surface area contributed by atoms with Crippen LogP contribution in [0.15, 0.2) is 18.2 Å². The van der Waals surface area contributed by atoms with Crippen LogP contribution in [0.25, 0.3) is 0 Å². The van der Waals surface area contributed by atoms with Gasteiger partial charge in [-0.05, 0) is 66.6 Å². The highest BCUT2D eigenvalue weighted by molar-refractivity contribution is 14.1. The van der Waals surface area contributed by atoms with Gasteiger partial charge in [-0.25, -0.2) is 0 Å². The lowest BCUT2D eigenvalue weighted by Gasteiger charge is -2.10. The molecule has 0 aliphatic carbocycles. The van der Waals surface area contributed by atoms with Crippen molar-refractivity contribution < 1.29 is 4.74 Å². The van der Waals surface area contributed by atoms with Crippen LogP contribution in [0.3, 0.4) is 0 Å². The van der Waals surface area contributed by atoms with Crippen molar-refractivity contribution >= 4 is 22.6 Å². The molecule has 0 saturated heterocycles. The third-order valence-electron chi connectivity index (χ3n) is 2.83. The fraction of sp³-hybridized carbons (Fsp3) is 0.214. The van der Waals surface area contributed by atoms with Gasteiger partial charge in [0.05, 0.1) is 9.26 Å². The van der Waals surface area contributed by atoms with Crippen molar-refractivity contribution in [3.8, 4) is 17.7 Å². The van der Waals surface area contributed by atoms with Gasteiger partial charge >= 0.3 is 0 Å². The Bertz CT molecular complexity index is 677. The predicted octanol–water partition coefficient (Wildman–Crippen LogP) is 3.67. The summed E-state index contributed by atoms with van der Waals surface area (Å²) >= 11 is 2.19. The van der Waals surface area contributed by atoms with Gasteiger partial charge in [0.25, 0.3) is 5.88 Å². The molecule has 0 aliphatic rings. The topological polar surface area (TPSA) is 58.8 Å². The van der Waals surface area contributed by atoms with E-state index in [1.165, 1.54) is 0 Å². The minimum absolute atomic E-state index is 0.258. The molecule has 1 aromatic carbocycles. The van der Waals surface area contributed by atoms with E-state index in [2.05, 4.69) is 38.9 Å². The Morgan fingerprint density at radius 2 is 1.95 bits per heavy atom. The predicted molar refractivity (Wildman–Crippen MR) is 80.2 cm³/mol. The molecule has 4 nitrogen and oxygen atoms in total. The molecule has 96 valence electrons. The second-order valence-corrected chi connectivity index (χ2v) is 5.40. The van der Waals surface area contributed by atoms with Crippen molar-refractivity contribution in [1.82, 2.24) is 10.2 Å². The first-order valence-electron chi connectivity index (χ1n) is 5.71. The van der Waals surface area contributed by atoms with Crippen molar-refractivity contribution in [2.45, 2.75) is 20.8 Å². The lowest BCUT2D eigenvalue weighted by molar-refractivity contribution is 0.448. The SMILES string of the molecule is Cc1ccc(I)c(Oc2nnc(C)c(C)c2C#N)c1. The van der Waals surface area contributed by atoms with Crippen LogP contribution in [0.4, 0.5) is 0 Å². The van der Waals surface area contributed by atoms with E-state index in [-0.39, 0.29) is 5.88 Å². The molecule has 19 heavy (non-hydrogen) atoms. The minimum atomic E-state index is 0.258. The summed E-state index contributed by atoms with van der Waals surface area (Å²) in [5.74, 6) is 0.948. The van der Waals surface area contributed by atoms with Crippen molar-refractivity contribution in [3.63, 3.8) is 0 Å². The number of rotatable bonds is 2. The van der Waals surface area contributed by atoms with Crippen LogP contribution in [0, 0.1) is 35.7 Å². The molecular formula is C14H12IN3O. The Kier molecular flexibility index (Phi) is 4.00. The number of benzene rings is 1. The van der Waals surface area contributed by atoms with Gasteiger partial charge in [0, 0.05) is 0 Å². The van der Waals surface area contributed by atoms with Crippen molar-refractivity contribution in [2.24, 2.45) is 0 Å². The smallest absolute Gasteiger partial charge is 0.257 e. The van der Waals surface area contributed by atoms with Gasteiger partial charge in [0.2, 0.25) is 0 Å². The summed E-state index contributed by atoms with van der Waals surface area (Å²) in [5.41, 5.74) is 3.06. The summed E-state index contributed by atoms with van der Waals surface area (Å²) in [6.45, 7) is 5.65. The molecule has 0 spiro atoms. The van der Waals surface area contributed by atoms with E-state index < -0.39 is 0 Å².